The zero-order chi connectivity index (χ0) is 30.2. The molecule has 2 unspecified atom stereocenters. The van der Waals surface area contributed by atoms with Crippen LogP contribution < -0.4 is 5.32 Å². The van der Waals surface area contributed by atoms with Crippen LogP contribution in [0.5, 0.6) is 0 Å². The molecule has 0 spiro atoms. The molecule has 1 aromatic carbocycles. The Bertz CT molecular complexity index is 1440. The van der Waals surface area contributed by atoms with Gasteiger partial charge in [0.1, 0.15) is 17.5 Å². The summed E-state index contributed by atoms with van der Waals surface area (Å²) in [6.45, 7) is 2.32. The van der Waals surface area contributed by atoms with Crippen molar-refractivity contribution in [1.29, 1.82) is 0 Å². The highest BCUT2D eigenvalue weighted by atomic mass is 19.4. The summed E-state index contributed by atoms with van der Waals surface area (Å²) < 4.78 is 96.6. The van der Waals surface area contributed by atoms with Crippen LogP contribution in [0, 0.1) is 10.1 Å². The SMILES string of the molecule is CC1(C)CCC=CC(O)C(OCc2ccccc2)(C(F)(F)F)c2nnc(o2)-c2nc(c(C(F)(F)F)cc2[N+](=O)[O-])N1. The predicted molar refractivity (Wildman–Crippen MR) is 130 cm³/mol. The maximum Gasteiger partial charge on any atom is 0.429 e. The zero-order valence-electron chi connectivity index (χ0n) is 21.5. The molecule has 16 heteroatoms. The lowest BCUT2D eigenvalue weighted by Crippen LogP contribution is -2.53. The number of alkyl halides is 6. The largest absolute Gasteiger partial charge is 0.429 e. The Morgan fingerprint density at radius 2 is 1.85 bits per heavy atom. The van der Waals surface area contributed by atoms with Crippen LogP contribution in [0.1, 0.15) is 43.7 Å². The highest BCUT2D eigenvalue weighted by molar-refractivity contribution is 5.68. The minimum atomic E-state index is -5.39. The van der Waals surface area contributed by atoms with E-state index in [1.54, 1.807) is 18.2 Å². The smallest absolute Gasteiger partial charge is 0.415 e. The molecule has 4 rings (SSSR count). The topological polar surface area (TPSA) is 136 Å². The van der Waals surface area contributed by atoms with Crippen molar-refractivity contribution in [1.82, 2.24) is 15.2 Å². The molecule has 0 saturated carbocycles. The molecule has 3 aromatic rings. The fourth-order valence-corrected chi connectivity index (χ4v) is 4.18. The van der Waals surface area contributed by atoms with Gasteiger partial charge in [0.25, 0.3) is 17.4 Å². The number of nitrogens with zero attached hydrogens (tertiary/aromatic N) is 4. The molecule has 0 aliphatic carbocycles. The lowest BCUT2D eigenvalue weighted by molar-refractivity contribution is -0.384. The van der Waals surface area contributed by atoms with E-state index in [1.165, 1.54) is 32.1 Å². The summed E-state index contributed by atoms with van der Waals surface area (Å²) in [4.78, 5) is 14.3. The number of pyridine rings is 1. The van der Waals surface area contributed by atoms with E-state index in [1.807, 2.05) is 0 Å². The van der Waals surface area contributed by atoms with Gasteiger partial charge in [-0.3, -0.25) is 10.1 Å². The minimum Gasteiger partial charge on any atom is -0.415 e. The first-order valence-electron chi connectivity index (χ1n) is 12.0. The van der Waals surface area contributed by atoms with Crippen LogP contribution in [0.25, 0.3) is 11.6 Å². The Hall–Kier alpha value is -4.05. The van der Waals surface area contributed by atoms with Crippen molar-refractivity contribution in [2.45, 2.75) is 62.9 Å². The number of aliphatic hydroxyl groups excluding tert-OH is 1. The summed E-state index contributed by atoms with van der Waals surface area (Å²) in [6.07, 6.45) is -10.8. The monoisotopic (exact) mass is 587 g/mol. The number of aliphatic hydroxyl groups is 1. The number of halogens is 6. The fourth-order valence-electron chi connectivity index (χ4n) is 4.18. The predicted octanol–water partition coefficient (Wildman–Crippen LogP) is 5.93. The first kappa shape index (κ1) is 29.9. The number of ether oxygens (including phenoxy) is 1. The molecule has 10 nitrogen and oxygen atoms in total. The van der Waals surface area contributed by atoms with Crippen molar-refractivity contribution in [3.05, 3.63) is 75.7 Å². The van der Waals surface area contributed by atoms with Gasteiger partial charge in [-0.2, -0.15) is 26.3 Å². The summed E-state index contributed by atoms with van der Waals surface area (Å²) in [5.41, 5.74) is -8.15. The summed E-state index contributed by atoms with van der Waals surface area (Å²) in [5, 5.41) is 32.1. The molecule has 2 atom stereocenters. The van der Waals surface area contributed by atoms with E-state index in [2.05, 4.69) is 20.5 Å². The van der Waals surface area contributed by atoms with E-state index in [9.17, 15) is 41.6 Å². The van der Waals surface area contributed by atoms with Crippen LogP contribution in [0.4, 0.5) is 37.8 Å². The zero-order valence-corrected chi connectivity index (χ0v) is 21.5. The number of anilines is 1. The quantitative estimate of drug-likeness (QED) is 0.165. The Morgan fingerprint density at radius 3 is 2.46 bits per heavy atom. The number of allylic oxidation sites excluding steroid dienone is 1. The molecule has 4 bridgehead atoms. The van der Waals surface area contributed by atoms with Gasteiger partial charge in [0, 0.05) is 11.6 Å². The minimum absolute atomic E-state index is 0.0000442. The molecule has 0 amide bonds. The number of benzene rings is 1. The third kappa shape index (κ3) is 6.02. The van der Waals surface area contributed by atoms with Crippen molar-refractivity contribution in [2.24, 2.45) is 0 Å². The molecule has 0 fully saturated rings. The van der Waals surface area contributed by atoms with Gasteiger partial charge >= 0.3 is 18.0 Å². The normalized spacial score (nSPS) is 21.1. The van der Waals surface area contributed by atoms with Crippen LogP contribution >= 0.6 is 0 Å². The number of rotatable bonds is 4. The van der Waals surface area contributed by atoms with Gasteiger partial charge in [0.15, 0.2) is 0 Å². The molecular weight excluding hydrogens is 564 g/mol. The van der Waals surface area contributed by atoms with E-state index >= 15 is 0 Å². The van der Waals surface area contributed by atoms with Gasteiger partial charge in [-0.15, -0.1) is 10.2 Å². The maximum atomic E-state index is 14.8. The Morgan fingerprint density at radius 1 is 1.17 bits per heavy atom. The molecule has 0 saturated heterocycles. The highest BCUT2D eigenvalue weighted by Crippen LogP contribution is 2.47. The highest BCUT2D eigenvalue weighted by Gasteiger charge is 2.65. The van der Waals surface area contributed by atoms with Crippen molar-refractivity contribution in [3.63, 3.8) is 0 Å². The number of fused-ring (bicyclic) bond motifs is 5. The standard InChI is InChI=1S/C25H23F6N5O5/c1-22(2)11-7-6-10-17(37)23(25(29,30)31,40-13-14-8-4-3-5-9-14)21-35-34-20(41-21)18-16(36(38)39)12-15(24(26,27)28)19(32-18)33-22/h3-6,8-10,12,17,37H,7,11,13H2,1-2H3,(H,32,33). The summed E-state index contributed by atoms with van der Waals surface area (Å²) >= 11 is 0. The van der Waals surface area contributed by atoms with Gasteiger partial charge in [-0.1, -0.05) is 42.5 Å². The van der Waals surface area contributed by atoms with Crippen LogP contribution in [0.3, 0.4) is 0 Å². The number of hydrogen-bond acceptors (Lipinski definition) is 9. The average molecular weight is 587 g/mol. The van der Waals surface area contributed by atoms with Gasteiger partial charge in [0.05, 0.1) is 11.5 Å². The second-order valence-electron chi connectivity index (χ2n) is 9.85. The Kier molecular flexibility index (Phi) is 7.84. The molecule has 2 aromatic heterocycles. The van der Waals surface area contributed by atoms with Crippen molar-refractivity contribution in [3.8, 4) is 11.6 Å². The fraction of sp³-hybridized carbons (Fsp3) is 0.400. The second kappa shape index (κ2) is 10.7. The van der Waals surface area contributed by atoms with Crippen LogP contribution in [-0.4, -0.2) is 43.0 Å². The Labute approximate surface area is 228 Å². The summed E-state index contributed by atoms with van der Waals surface area (Å²) in [7, 11) is 0. The molecule has 1 aliphatic heterocycles. The van der Waals surface area contributed by atoms with Crippen molar-refractivity contribution >= 4 is 11.5 Å². The molecule has 2 N–H and O–H groups in total. The number of nitrogens with one attached hydrogen (secondary N) is 1. The van der Waals surface area contributed by atoms with E-state index < -0.39 is 75.7 Å². The third-order valence-electron chi connectivity index (χ3n) is 6.31. The van der Waals surface area contributed by atoms with Gasteiger partial charge in [0.2, 0.25) is 5.69 Å². The molecule has 3 heterocycles. The number of hydrogen-bond donors (Lipinski definition) is 2. The maximum absolute atomic E-state index is 14.8. The summed E-state index contributed by atoms with van der Waals surface area (Å²) in [5.74, 6) is -3.16. The lowest BCUT2D eigenvalue weighted by Gasteiger charge is -2.35. The van der Waals surface area contributed by atoms with Crippen LogP contribution in [0.2, 0.25) is 0 Å². The van der Waals surface area contributed by atoms with Crippen molar-refractivity contribution in [2.75, 3.05) is 5.32 Å². The van der Waals surface area contributed by atoms with Gasteiger partial charge in [-0.05, 0) is 32.3 Å². The van der Waals surface area contributed by atoms with Gasteiger partial charge < -0.3 is 19.6 Å². The third-order valence-corrected chi connectivity index (χ3v) is 6.31. The van der Waals surface area contributed by atoms with E-state index in [4.69, 9.17) is 9.15 Å². The van der Waals surface area contributed by atoms with E-state index in [0.29, 0.717) is 5.56 Å². The second-order valence-corrected chi connectivity index (χ2v) is 9.85. The first-order chi connectivity index (χ1) is 19.0. The van der Waals surface area contributed by atoms with Crippen LogP contribution in [-0.2, 0) is 23.1 Å². The number of aromatic nitrogens is 3. The molecule has 0 radical (unpaired) electrons. The van der Waals surface area contributed by atoms with Gasteiger partial charge in [-0.25, -0.2) is 4.98 Å². The van der Waals surface area contributed by atoms with E-state index in [0.717, 1.165) is 6.08 Å². The molecule has 41 heavy (non-hydrogen) atoms. The van der Waals surface area contributed by atoms with E-state index in [-0.39, 0.29) is 18.9 Å². The first-order valence-corrected chi connectivity index (χ1v) is 12.0. The van der Waals surface area contributed by atoms with Crippen LogP contribution in [0.15, 0.2) is 53.0 Å². The number of nitro groups is 1. The molecule has 220 valence electrons. The lowest BCUT2D eigenvalue weighted by atomic mass is 9.93. The molecular formula is C25H23F6N5O5. The van der Waals surface area contributed by atoms with Crippen molar-refractivity contribution < 1.29 is 45.5 Å². The average Bonchev–Trinajstić information content (AvgIpc) is 3.35. The molecule has 1 aliphatic rings. The Balaban J connectivity index is 1.98. The summed E-state index contributed by atoms with van der Waals surface area (Å²) in [6, 6.07) is 7.86.